The van der Waals surface area contributed by atoms with Crippen molar-refractivity contribution < 1.29 is 9.26 Å². The normalized spacial score (nSPS) is 14.3. The standard InChI is InChI=1S/C22H33N5O2/c1-4-18(5-2)20-12-19(29-27-20)14-26-22(23-6-3)25-13-17-9-10-24-21(11-17)28-15-16-7-8-16/h9-12,16,18H,4-8,13-15H2,1-3H3,(H2,23,25,26). The predicted molar refractivity (Wildman–Crippen MR) is 114 cm³/mol. The van der Waals surface area contributed by atoms with Gasteiger partial charge in [0.2, 0.25) is 5.88 Å². The minimum Gasteiger partial charge on any atom is -0.477 e. The van der Waals surface area contributed by atoms with Crippen LogP contribution in [0.15, 0.2) is 33.9 Å². The molecule has 0 atom stereocenters. The number of hydrogen-bond donors (Lipinski definition) is 2. The molecule has 2 heterocycles. The Morgan fingerprint density at radius 3 is 2.79 bits per heavy atom. The topological polar surface area (TPSA) is 84.6 Å². The van der Waals surface area contributed by atoms with E-state index in [0.717, 1.165) is 49.0 Å². The third kappa shape index (κ3) is 6.76. The molecule has 0 bridgehead atoms. The minimum atomic E-state index is 0.456. The molecule has 158 valence electrons. The Bertz CT molecular complexity index is 781. The zero-order valence-electron chi connectivity index (χ0n) is 17.8. The van der Waals surface area contributed by atoms with Crippen molar-refractivity contribution in [2.45, 2.75) is 65.5 Å². The maximum absolute atomic E-state index is 5.76. The Kier molecular flexibility index (Phi) is 7.90. The number of aromatic nitrogens is 2. The van der Waals surface area contributed by atoms with Gasteiger partial charge in [-0.1, -0.05) is 19.0 Å². The van der Waals surface area contributed by atoms with Gasteiger partial charge in [-0.05, 0) is 50.2 Å². The molecular weight excluding hydrogens is 366 g/mol. The summed E-state index contributed by atoms with van der Waals surface area (Å²) in [5.41, 5.74) is 2.10. The molecule has 2 aromatic rings. The van der Waals surface area contributed by atoms with E-state index in [-0.39, 0.29) is 0 Å². The second-order valence-electron chi connectivity index (χ2n) is 7.54. The van der Waals surface area contributed by atoms with Gasteiger partial charge in [-0.15, -0.1) is 0 Å². The second kappa shape index (κ2) is 10.8. The molecule has 0 radical (unpaired) electrons. The average Bonchev–Trinajstić information content (AvgIpc) is 3.46. The van der Waals surface area contributed by atoms with Crippen molar-refractivity contribution in [1.82, 2.24) is 20.8 Å². The van der Waals surface area contributed by atoms with Crippen molar-refractivity contribution in [3.63, 3.8) is 0 Å². The number of rotatable bonds is 11. The van der Waals surface area contributed by atoms with Crippen LogP contribution in [-0.2, 0) is 13.1 Å². The van der Waals surface area contributed by atoms with Gasteiger partial charge in [-0.2, -0.15) is 0 Å². The van der Waals surface area contributed by atoms with E-state index in [9.17, 15) is 0 Å². The van der Waals surface area contributed by atoms with Crippen molar-refractivity contribution in [2.24, 2.45) is 10.9 Å². The Morgan fingerprint density at radius 1 is 1.24 bits per heavy atom. The lowest BCUT2D eigenvalue weighted by molar-refractivity contribution is 0.288. The lowest BCUT2D eigenvalue weighted by atomic mass is 9.99. The summed E-state index contributed by atoms with van der Waals surface area (Å²) in [5, 5.41) is 10.8. The van der Waals surface area contributed by atoms with Gasteiger partial charge in [0.05, 0.1) is 25.4 Å². The van der Waals surface area contributed by atoms with Crippen LogP contribution in [0.25, 0.3) is 0 Å². The summed E-state index contributed by atoms with van der Waals surface area (Å²) < 4.78 is 11.2. The Hall–Kier alpha value is -2.57. The molecule has 3 rings (SSSR count). The van der Waals surface area contributed by atoms with Gasteiger partial charge in [-0.25, -0.2) is 9.98 Å². The van der Waals surface area contributed by atoms with Gasteiger partial charge < -0.3 is 19.9 Å². The fraction of sp³-hybridized carbons (Fsp3) is 0.591. The summed E-state index contributed by atoms with van der Waals surface area (Å²) in [6.07, 6.45) is 6.45. The SMILES string of the molecule is CCNC(=NCc1ccnc(OCC2CC2)c1)NCc1cc(C(CC)CC)no1. The van der Waals surface area contributed by atoms with Gasteiger partial charge in [0.15, 0.2) is 11.7 Å². The second-order valence-corrected chi connectivity index (χ2v) is 7.54. The highest BCUT2D eigenvalue weighted by atomic mass is 16.5. The number of nitrogens with zero attached hydrogens (tertiary/aromatic N) is 3. The van der Waals surface area contributed by atoms with Crippen LogP contribution in [0.3, 0.4) is 0 Å². The fourth-order valence-corrected chi connectivity index (χ4v) is 3.11. The van der Waals surface area contributed by atoms with Gasteiger partial charge in [0.25, 0.3) is 0 Å². The van der Waals surface area contributed by atoms with Gasteiger partial charge >= 0.3 is 0 Å². The number of ether oxygens (including phenoxy) is 1. The van der Waals surface area contributed by atoms with E-state index in [4.69, 9.17) is 9.26 Å². The van der Waals surface area contributed by atoms with E-state index in [2.05, 4.69) is 39.6 Å². The molecule has 0 spiro atoms. The van der Waals surface area contributed by atoms with Crippen molar-refractivity contribution in [3.8, 4) is 5.88 Å². The maximum atomic E-state index is 5.76. The third-order valence-corrected chi connectivity index (χ3v) is 5.14. The van der Waals surface area contributed by atoms with E-state index in [0.29, 0.717) is 30.8 Å². The zero-order chi connectivity index (χ0) is 20.5. The first-order valence-electron chi connectivity index (χ1n) is 10.8. The van der Waals surface area contributed by atoms with Crippen molar-refractivity contribution in [1.29, 1.82) is 0 Å². The molecule has 7 heteroatoms. The summed E-state index contributed by atoms with van der Waals surface area (Å²) >= 11 is 0. The zero-order valence-corrected chi connectivity index (χ0v) is 17.8. The lowest BCUT2D eigenvalue weighted by Crippen LogP contribution is -2.36. The molecule has 29 heavy (non-hydrogen) atoms. The molecule has 0 amide bonds. The van der Waals surface area contributed by atoms with E-state index in [1.807, 2.05) is 25.1 Å². The molecule has 1 fully saturated rings. The first kappa shape index (κ1) is 21.1. The maximum Gasteiger partial charge on any atom is 0.213 e. The van der Waals surface area contributed by atoms with Crippen LogP contribution >= 0.6 is 0 Å². The van der Waals surface area contributed by atoms with Crippen molar-refractivity contribution in [3.05, 3.63) is 41.4 Å². The molecule has 1 aliphatic carbocycles. The smallest absolute Gasteiger partial charge is 0.213 e. The van der Waals surface area contributed by atoms with Crippen molar-refractivity contribution in [2.75, 3.05) is 13.2 Å². The molecule has 7 nitrogen and oxygen atoms in total. The average molecular weight is 400 g/mol. The highest BCUT2D eigenvalue weighted by molar-refractivity contribution is 5.79. The van der Waals surface area contributed by atoms with E-state index in [1.54, 1.807) is 6.20 Å². The Morgan fingerprint density at radius 2 is 2.07 bits per heavy atom. The fourth-order valence-electron chi connectivity index (χ4n) is 3.11. The van der Waals surface area contributed by atoms with Crippen LogP contribution in [-0.4, -0.2) is 29.3 Å². The summed E-state index contributed by atoms with van der Waals surface area (Å²) in [4.78, 5) is 8.96. The van der Waals surface area contributed by atoms with Crippen molar-refractivity contribution >= 4 is 5.96 Å². The van der Waals surface area contributed by atoms with Crippen LogP contribution in [0, 0.1) is 5.92 Å². The number of pyridine rings is 1. The summed E-state index contributed by atoms with van der Waals surface area (Å²) in [7, 11) is 0. The molecule has 0 aromatic carbocycles. The first-order chi connectivity index (χ1) is 14.2. The summed E-state index contributed by atoms with van der Waals surface area (Å²) in [5.74, 6) is 3.41. The first-order valence-corrected chi connectivity index (χ1v) is 10.8. The van der Waals surface area contributed by atoms with Gasteiger partial charge in [0, 0.05) is 30.8 Å². The van der Waals surface area contributed by atoms with Crippen LogP contribution in [0.1, 0.15) is 69.4 Å². The van der Waals surface area contributed by atoms with E-state index >= 15 is 0 Å². The van der Waals surface area contributed by atoms with Gasteiger partial charge in [-0.3, -0.25) is 0 Å². The lowest BCUT2D eigenvalue weighted by Gasteiger charge is -2.10. The number of aliphatic imine (C=N–C) groups is 1. The number of hydrogen-bond acceptors (Lipinski definition) is 5. The molecule has 0 unspecified atom stereocenters. The number of guanidine groups is 1. The third-order valence-electron chi connectivity index (χ3n) is 5.14. The molecule has 0 aliphatic heterocycles. The predicted octanol–water partition coefficient (Wildman–Crippen LogP) is 4.02. The van der Waals surface area contributed by atoms with Gasteiger partial charge in [0.1, 0.15) is 0 Å². The number of nitrogens with one attached hydrogen (secondary N) is 2. The van der Waals surface area contributed by atoms with Crippen LogP contribution in [0.4, 0.5) is 0 Å². The minimum absolute atomic E-state index is 0.456. The van der Waals surface area contributed by atoms with Crippen LogP contribution in [0.2, 0.25) is 0 Å². The quantitative estimate of drug-likeness (QED) is 0.439. The molecule has 2 N–H and O–H groups in total. The summed E-state index contributed by atoms with van der Waals surface area (Å²) in [6, 6.07) is 5.98. The molecule has 2 aromatic heterocycles. The summed E-state index contributed by atoms with van der Waals surface area (Å²) in [6.45, 7) is 9.05. The largest absolute Gasteiger partial charge is 0.477 e. The molecule has 0 saturated heterocycles. The molecule has 1 aliphatic rings. The van der Waals surface area contributed by atoms with E-state index < -0.39 is 0 Å². The highest BCUT2D eigenvalue weighted by Crippen LogP contribution is 2.29. The molecular formula is C22H33N5O2. The van der Waals surface area contributed by atoms with Crippen LogP contribution < -0.4 is 15.4 Å². The highest BCUT2D eigenvalue weighted by Gasteiger charge is 2.22. The van der Waals surface area contributed by atoms with Crippen LogP contribution in [0.5, 0.6) is 5.88 Å². The monoisotopic (exact) mass is 399 g/mol. The Labute approximate surface area is 173 Å². The Balaban J connectivity index is 1.54. The molecule has 1 saturated carbocycles. The van der Waals surface area contributed by atoms with E-state index in [1.165, 1.54) is 12.8 Å².